The lowest BCUT2D eigenvalue weighted by molar-refractivity contribution is -0.130. The number of amides is 3. The van der Waals surface area contributed by atoms with Crippen molar-refractivity contribution in [2.75, 3.05) is 26.2 Å². The van der Waals surface area contributed by atoms with Crippen LogP contribution in [0.5, 0.6) is 5.75 Å². The summed E-state index contributed by atoms with van der Waals surface area (Å²) in [6, 6.07) is 17.3. The molecule has 2 N–H and O–H groups in total. The van der Waals surface area contributed by atoms with Gasteiger partial charge in [0.1, 0.15) is 5.75 Å². The topological polar surface area (TPSA) is 87.7 Å². The minimum absolute atomic E-state index is 0.0145. The number of hydrogen-bond donors (Lipinski definition) is 2. The molecule has 3 amide bonds. The standard InChI is InChI=1S/C25H31N3O4/c1-3-19-9-7-8-12-22(19)32-17-23(29)26-13-14-27-25(31)21-15-24(30)28(16-21)18(2)20-10-5-4-6-11-20/h4-12,18,21H,3,13-17H2,1-2H3,(H,26,29)(H,27,31). The van der Waals surface area contributed by atoms with Crippen LogP contribution in [-0.2, 0) is 20.8 Å². The Kier molecular flexibility index (Phi) is 8.25. The van der Waals surface area contributed by atoms with Gasteiger partial charge >= 0.3 is 0 Å². The maximum Gasteiger partial charge on any atom is 0.258 e. The lowest BCUT2D eigenvalue weighted by Crippen LogP contribution is -2.39. The SMILES string of the molecule is CCc1ccccc1OCC(=O)NCCNC(=O)C1CC(=O)N(C(C)c2ccccc2)C1. The first-order valence-electron chi connectivity index (χ1n) is 11.1. The van der Waals surface area contributed by atoms with E-state index in [2.05, 4.69) is 10.6 Å². The molecule has 0 spiro atoms. The van der Waals surface area contributed by atoms with Crippen LogP contribution in [-0.4, -0.2) is 48.9 Å². The van der Waals surface area contributed by atoms with Gasteiger partial charge < -0.3 is 20.3 Å². The van der Waals surface area contributed by atoms with Crippen LogP contribution in [0.3, 0.4) is 0 Å². The van der Waals surface area contributed by atoms with Crippen LogP contribution in [0.2, 0.25) is 0 Å². The molecule has 2 unspecified atom stereocenters. The quantitative estimate of drug-likeness (QED) is 0.559. The normalized spacial score (nSPS) is 16.5. The van der Waals surface area contributed by atoms with Gasteiger partial charge in [-0.25, -0.2) is 0 Å². The maximum atomic E-state index is 12.5. The number of rotatable bonds is 10. The second kappa shape index (κ2) is 11.3. The van der Waals surface area contributed by atoms with Crippen LogP contribution < -0.4 is 15.4 Å². The third-order valence-electron chi connectivity index (χ3n) is 5.74. The van der Waals surface area contributed by atoms with Crippen molar-refractivity contribution >= 4 is 17.7 Å². The Hall–Kier alpha value is -3.35. The Balaban J connectivity index is 1.37. The molecule has 1 aliphatic rings. The number of carbonyl (C=O) groups excluding carboxylic acids is 3. The summed E-state index contributed by atoms with van der Waals surface area (Å²) < 4.78 is 5.59. The highest BCUT2D eigenvalue weighted by Crippen LogP contribution is 2.28. The van der Waals surface area contributed by atoms with Gasteiger partial charge in [-0.3, -0.25) is 14.4 Å². The molecule has 2 atom stereocenters. The lowest BCUT2D eigenvalue weighted by atomic mass is 10.1. The minimum atomic E-state index is -0.377. The molecule has 0 bridgehead atoms. The first-order valence-corrected chi connectivity index (χ1v) is 11.1. The van der Waals surface area contributed by atoms with Crippen LogP contribution in [0.4, 0.5) is 0 Å². The average molecular weight is 438 g/mol. The molecule has 7 nitrogen and oxygen atoms in total. The van der Waals surface area contributed by atoms with Gasteiger partial charge in [0.2, 0.25) is 11.8 Å². The minimum Gasteiger partial charge on any atom is -0.483 e. The fourth-order valence-corrected chi connectivity index (χ4v) is 3.86. The smallest absolute Gasteiger partial charge is 0.258 e. The molecule has 1 fully saturated rings. The van der Waals surface area contributed by atoms with E-state index in [1.54, 1.807) is 4.90 Å². The lowest BCUT2D eigenvalue weighted by Gasteiger charge is -2.25. The van der Waals surface area contributed by atoms with Crippen LogP contribution in [0.1, 0.15) is 37.4 Å². The summed E-state index contributed by atoms with van der Waals surface area (Å²) in [5.74, 6) is -0.0938. The van der Waals surface area contributed by atoms with Gasteiger partial charge in [-0.2, -0.15) is 0 Å². The second-order valence-corrected chi connectivity index (χ2v) is 7.92. The first-order chi connectivity index (χ1) is 15.5. The van der Waals surface area contributed by atoms with Gasteiger partial charge in [0.05, 0.1) is 12.0 Å². The molecule has 32 heavy (non-hydrogen) atoms. The molecule has 0 aliphatic carbocycles. The molecule has 2 aromatic carbocycles. The van der Waals surface area contributed by atoms with Gasteiger partial charge in [-0.05, 0) is 30.5 Å². The number of para-hydroxylation sites is 1. The molecular formula is C25H31N3O4. The van der Waals surface area contributed by atoms with Gasteiger partial charge in [-0.1, -0.05) is 55.5 Å². The fraction of sp³-hybridized carbons (Fsp3) is 0.400. The number of likely N-dealkylation sites (tertiary alicyclic amines) is 1. The fourth-order valence-electron chi connectivity index (χ4n) is 3.86. The molecule has 7 heteroatoms. The molecule has 0 saturated carbocycles. The van der Waals surface area contributed by atoms with Crippen LogP contribution >= 0.6 is 0 Å². The van der Waals surface area contributed by atoms with Crippen LogP contribution in [0.15, 0.2) is 54.6 Å². The van der Waals surface area contributed by atoms with Crippen molar-refractivity contribution in [3.63, 3.8) is 0 Å². The van der Waals surface area contributed by atoms with Gasteiger partial charge in [0.25, 0.3) is 5.91 Å². The Morgan fingerprint density at radius 2 is 1.75 bits per heavy atom. The molecule has 1 aliphatic heterocycles. The monoisotopic (exact) mass is 437 g/mol. The molecule has 2 aromatic rings. The maximum absolute atomic E-state index is 12.5. The molecular weight excluding hydrogens is 406 g/mol. The molecule has 170 valence electrons. The summed E-state index contributed by atoms with van der Waals surface area (Å²) in [6.45, 7) is 4.93. The van der Waals surface area contributed by atoms with Crippen molar-refractivity contribution in [2.45, 2.75) is 32.7 Å². The Morgan fingerprint density at radius 1 is 1.06 bits per heavy atom. The van der Waals surface area contributed by atoms with Gasteiger partial charge in [-0.15, -0.1) is 0 Å². The Morgan fingerprint density at radius 3 is 2.50 bits per heavy atom. The summed E-state index contributed by atoms with van der Waals surface area (Å²) in [5.41, 5.74) is 2.10. The van der Waals surface area contributed by atoms with E-state index in [0.29, 0.717) is 25.4 Å². The summed E-state index contributed by atoms with van der Waals surface area (Å²) in [4.78, 5) is 38.7. The summed E-state index contributed by atoms with van der Waals surface area (Å²) >= 11 is 0. The number of ether oxygens (including phenoxy) is 1. The van der Waals surface area contributed by atoms with Crippen molar-refractivity contribution in [3.05, 3.63) is 65.7 Å². The average Bonchev–Trinajstić information content (AvgIpc) is 3.22. The van der Waals surface area contributed by atoms with Crippen molar-refractivity contribution in [3.8, 4) is 5.75 Å². The third kappa shape index (κ3) is 6.09. The molecule has 0 radical (unpaired) electrons. The summed E-state index contributed by atoms with van der Waals surface area (Å²) in [6.07, 6.45) is 1.04. The van der Waals surface area contributed by atoms with Gasteiger partial charge in [0.15, 0.2) is 6.61 Å². The number of carbonyl (C=O) groups is 3. The van der Waals surface area contributed by atoms with E-state index in [0.717, 1.165) is 17.5 Å². The van der Waals surface area contributed by atoms with E-state index in [1.165, 1.54) is 0 Å². The van der Waals surface area contributed by atoms with E-state index in [-0.39, 0.29) is 42.7 Å². The van der Waals surface area contributed by atoms with E-state index in [4.69, 9.17) is 4.74 Å². The van der Waals surface area contributed by atoms with E-state index in [9.17, 15) is 14.4 Å². The highest BCUT2D eigenvalue weighted by molar-refractivity contribution is 5.89. The summed E-state index contributed by atoms with van der Waals surface area (Å²) in [5, 5.41) is 5.56. The zero-order chi connectivity index (χ0) is 22.9. The van der Waals surface area contributed by atoms with Gasteiger partial charge in [0, 0.05) is 26.1 Å². The molecule has 1 saturated heterocycles. The van der Waals surface area contributed by atoms with E-state index < -0.39 is 0 Å². The Bertz CT molecular complexity index is 932. The number of nitrogens with one attached hydrogen (secondary N) is 2. The zero-order valence-corrected chi connectivity index (χ0v) is 18.7. The third-order valence-corrected chi connectivity index (χ3v) is 5.74. The highest BCUT2D eigenvalue weighted by Gasteiger charge is 2.36. The predicted octanol–water partition coefficient (Wildman–Crippen LogP) is 2.47. The van der Waals surface area contributed by atoms with E-state index in [1.807, 2.05) is 68.4 Å². The second-order valence-electron chi connectivity index (χ2n) is 7.92. The van der Waals surface area contributed by atoms with Crippen molar-refractivity contribution in [1.29, 1.82) is 0 Å². The molecule has 0 aromatic heterocycles. The predicted molar refractivity (Wildman–Crippen MR) is 122 cm³/mol. The van der Waals surface area contributed by atoms with Crippen molar-refractivity contribution < 1.29 is 19.1 Å². The van der Waals surface area contributed by atoms with Crippen molar-refractivity contribution in [2.24, 2.45) is 5.92 Å². The Labute approximate surface area is 189 Å². The number of hydrogen-bond acceptors (Lipinski definition) is 4. The van der Waals surface area contributed by atoms with E-state index >= 15 is 0 Å². The molecule has 1 heterocycles. The number of benzene rings is 2. The van der Waals surface area contributed by atoms with Crippen LogP contribution in [0, 0.1) is 5.92 Å². The summed E-state index contributed by atoms with van der Waals surface area (Å²) in [7, 11) is 0. The highest BCUT2D eigenvalue weighted by atomic mass is 16.5. The largest absolute Gasteiger partial charge is 0.483 e. The van der Waals surface area contributed by atoms with Crippen molar-refractivity contribution in [1.82, 2.24) is 15.5 Å². The van der Waals surface area contributed by atoms with Crippen LogP contribution in [0.25, 0.3) is 0 Å². The first kappa shape index (κ1) is 23.3. The molecule has 3 rings (SSSR count). The number of aryl methyl sites for hydroxylation is 1. The zero-order valence-electron chi connectivity index (χ0n) is 18.7. The number of nitrogens with zero attached hydrogens (tertiary/aromatic N) is 1.